The molecule has 3 N–H and O–H groups in total. The maximum absolute atomic E-state index is 6.00. The fourth-order valence-corrected chi connectivity index (χ4v) is 3.28. The SMILES string of the molecule is NC(=S)C1(N2CCNCC2)CCCCC1. The lowest BCUT2D eigenvalue weighted by molar-refractivity contribution is 0.0950. The van der Waals surface area contributed by atoms with Crippen LogP contribution in [0, 0.1) is 0 Å². The first kappa shape index (κ1) is 11.3. The molecule has 0 spiro atoms. The number of piperazine rings is 1. The van der Waals surface area contributed by atoms with Crippen molar-refractivity contribution in [2.75, 3.05) is 26.2 Å². The monoisotopic (exact) mass is 227 g/mol. The molecule has 1 saturated carbocycles. The molecule has 2 aliphatic rings. The summed E-state index contributed by atoms with van der Waals surface area (Å²) < 4.78 is 0. The highest BCUT2D eigenvalue weighted by molar-refractivity contribution is 7.80. The Morgan fingerprint density at radius 2 is 1.73 bits per heavy atom. The minimum atomic E-state index is 0.0513. The zero-order valence-electron chi connectivity index (χ0n) is 9.30. The molecule has 0 aromatic rings. The van der Waals surface area contributed by atoms with E-state index in [2.05, 4.69) is 10.2 Å². The van der Waals surface area contributed by atoms with E-state index in [4.69, 9.17) is 18.0 Å². The van der Waals surface area contributed by atoms with Gasteiger partial charge in [-0.15, -0.1) is 0 Å². The largest absolute Gasteiger partial charge is 0.392 e. The normalized spacial score (nSPS) is 27.5. The van der Waals surface area contributed by atoms with Gasteiger partial charge in [-0.1, -0.05) is 31.5 Å². The number of hydrogen-bond acceptors (Lipinski definition) is 3. The summed E-state index contributed by atoms with van der Waals surface area (Å²) in [5.74, 6) is 0. The predicted molar refractivity (Wildman–Crippen MR) is 67.0 cm³/mol. The molecule has 15 heavy (non-hydrogen) atoms. The molecule has 0 aromatic heterocycles. The summed E-state index contributed by atoms with van der Waals surface area (Å²) >= 11 is 5.32. The Labute approximate surface area is 97.4 Å². The van der Waals surface area contributed by atoms with Crippen molar-refractivity contribution in [2.24, 2.45) is 5.73 Å². The van der Waals surface area contributed by atoms with E-state index >= 15 is 0 Å². The Balaban J connectivity index is 2.12. The van der Waals surface area contributed by atoms with Crippen molar-refractivity contribution < 1.29 is 0 Å². The lowest BCUT2D eigenvalue weighted by atomic mass is 9.80. The van der Waals surface area contributed by atoms with Gasteiger partial charge in [0, 0.05) is 26.2 Å². The van der Waals surface area contributed by atoms with Crippen molar-refractivity contribution in [2.45, 2.75) is 37.6 Å². The lowest BCUT2D eigenvalue weighted by Crippen LogP contribution is -2.62. The third-order valence-electron chi connectivity index (χ3n) is 3.86. The van der Waals surface area contributed by atoms with E-state index in [1.54, 1.807) is 0 Å². The van der Waals surface area contributed by atoms with Gasteiger partial charge in [0.25, 0.3) is 0 Å². The highest BCUT2D eigenvalue weighted by atomic mass is 32.1. The standard InChI is InChI=1S/C11H21N3S/c12-10(15)11(4-2-1-3-5-11)14-8-6-13-7-9-14/h13H,1-9H2,(H2,12,15). The van der Waals surface area contributed by atoms with Crippen LogP contribution in [0.25, 0.3) is 0 Å². The highest BCUT2D eigenvalue weighted by Gasteiger charge is 2.40. The summed E-state index contributed by atoms with van der Waals surface area (Å²) in [5.41, 5.74) is 6.05. The molecule has 0 aromatic carbocycles. The van der Waals surface area contributed by atoms with E-state index in [1.165, 1.54) is 32.1 Å². The number of rotatable bonds is 2. The second-order valence-electron chi connectivity index (χ2n) is 4.69. The van der Waals surface area contributed by atoms with Crippen LogP contribution in [0.2, 0.25) is 0 Å². The van der Waals surface area contributed by atoms with Gasteiger partial charge in [-0.3, -0.25) is 4.90 Å². The highest BCUT2D eigenvalue weighted by Crippen LogP contribution is 2.34. The molecule has 2 fully saturated rings. The van der Waals surface area contributed by atoms with Crippen molar-refractivity contribution >= 4 is 17.2 Å². The molecule has 0 radical (unpaired) electrons. The van der Waals surface area contributed by atoms with Crippen LogP contribution in [0.4, 0.5) is 0 Å². The molecule has 3 nitrogen and oxygen atoms in total. The van der Waals surface area contributed by atoms with E-state index in [9.17, 15) is 0 Å². The van der Waals surface area contributed by atoms with Crippen molar-refractivity contribution in [3.8, 4) is 0 Å². The molecule has 1 heterocycles. The molecule has 1 saturated heterocycles. The topological polar surface area (TPSA) is 41.3 Å². The molecule has 4 heteroatoms. The van der Waals surface area contributed by atoms with Gasteiger partial charge in [-0.2, -0.15) is 0 Å². The quantitative estimate of drug-likeness (QED) is 0.687. The van der Waals surface area contributed by atoms with Crippen molar-refractivity contribution in [3.63, 3.8) is 0 Å². The third-order valence-corrected chi connectivity index (χ3v) is 4.24. The molecule has 1 aliphatic carbocycles. The van der Waals surface area contributed by atoms with Gasteiger partial charge < -0.3 is 11.1 Å². The number of hydrogen-bond donors (Lipinski definition) is 2. The predicted octanol–water partition coefficient (Wildman–Crippen LogP) is 0.881. The molecule has 86 valence electrons. The van der Waals surface area contributed by atoms with Crippen molar-refractivity contribution in [1.82, 2.24) is 10.2 Å². The van der Waals surface area contributed by atoms with Crippen LogP contribution in [-0.4, -0.2) is 41.6 Å². The first-order valence-electron chi connectivity index (χ1n) is 6.01. The summed E-state index contributed by atoms with van der Waals surface area (Å²) in [6.07, 6.45) is 6.24. The van der Waals surface area contributed by atoms with Crippen molar-refractivity contribution in [3.05, 3.63) is 0 Å². The summed E-state index contributed by atoms with van der Waals surface area (Å²) in [6.45, 7) is 4.34. The summed E-state index contributed by atoms with van der Waals surface area (Å²) in [5, 5.41) is 3.38. The molecular formula is C11H21N3S. The van der Waals surface area contributed by atoms with Gasteiger partial charge in [0.2, 0.25) is 0 Å². The van der Waals surface area contributed by atoms with E-state index in [-0.39, 0.29) is 5.54 Å². The van der Waals surface area contributed by atoms with Gasteiger partial charge in [-0.25, -0.2) is 0 Å². The van der Waals surface area contributed by atoms with E-state index in [0.717, 1.165) is 31.2 Å². The number of thiocarbonyl (C=S) groups is 1. The van der Waals surface area contributed by atoms with Gasteiger partial charge in [0.05, 0.1) is 10.5 Å². The molecule has 0 unspecified atom stereocenters. The van der Waals surface area contributed by atoms with Crippen LogP contribution >= 0.6 is 12.2 Å². The van der Waals surface area contributed by atoms with Crippen LogP contribution in [0.1, 0.15) is 32.1 Å². The Kier molecular flexibility index (Phi) is 3.59. The van der Waals surface area contributed by atoms with Gasteiger partial charge >= 0.3 is 0 Å². The van der Waals surface area contributed by atoms with Crippen LogP contribution < -0.4 is 11.1 Å². The molecule has 0 amide bonds. The molecular weight excluding hydrogens is 206 g/mol. The maximum Gasteiger partial charge on any atom is 0.0933 e. The minimum absolute atomic E-state index is 0.0513. The molecule has 0 bridgehead atoms. The van der Waals surface area contributed by atoms with Gasteiger partial charge in [0.15, 0.2) is 0 Å². The van der Waals surface area contributed by atoms with E-state index in [1.807, 2.05) is 0 Å². The zero-order chi connectivity index (χ0) is 10.7. The first-order valence-corrected chi connectivity index (χ1v) is 6.42. The zero-order valence-corrected chi connectivity index (χ0v) is 10.1. The minimum Gasteiger partial charge on any atom is -0.392 e. The van der Waals surface area contributed by atoms with Crippen molar-refractivity contribution in [1.29, 1.82) is 0 Å². The van der Waals surface area contributed by atoms with Crippen LogP contribution in [0.5, 0.6) is 0 Å². The van der Waals surface area contributed by atoms with Crippen LogP contribution in [0.3, 0.4) is 0 Å². The smallest absolute Gasteiger partial charge is 0.0933 e. The second-order valence-corrected chi connectivity index (χ2v) is 5.13. The summed E-state index contributed by atoms with van der Waals surface area (Å²) in [7, 11) is 0. The molecule has 0 atom stereocenters. The summed E-state index contributed by atoms with van der Waals surface area (Å²) in [4.78, 5) is 3.24. The van der Waals surface area contributed by atoms with Gasteiger partial charge in [0.1, 0.15) is 0 Å². The molecule has 2 rings (SSSR count). The third kappa shape index (κ3) is 2.17. The van der Waals surface area contributed by atoms with Gasteiger partial charge in [-0.05, 0) is 12.8 Å². The Bertz CT molecular complexity index is 230. The Morgan fingerprint density at radius 3 is 2.27 bits per heavy atom. The first-order chi connectivity index (χ1) is 7.26. The van der Waals surface area contributed by atoms with Crippen LogP contribution in [0.15, 0.2) is 0 Å². The average Bonchev–Trinajstić information content (AvgIpc) is 2.31. The lowest BCUT2D eigenvalue weighted by Gasteiger charge is -2.47. The molecule has 1 aliphatic heterocycles. The number of nitrogens with one attached hydrogen (secondary N) is 1. The number of nitrogens with zero attached hydrogens (tertiary/aromatic N) is 1. The number of nitrogens with two attached hydrogens (primary N) is 1. The Morgan fingerprint density at radius 1 is 1.13 bits per heavy atom. The van der Waals surface area contributed by atoms with Crippen LogP contribution in [-0.2, 0) is 0 Å². The fraction of sp³-hybridized carbons (Fsp3) is 0.909. The fourth-order valence-electron chi connectivity index (χ4n) is 2.95. The summed E-state index contributed by atoms with van der Waals surface area (Å²) in [6, 6.07) is 0. The average molecular weight is 227 g/mol. The Hall–Kier alpha value is -0.190. The van der Waals surface area contributed by atoms with E-state index < -0.39 is 0 Å². The maximum atomic E-state index is 6.00. The van der Waals surface area contributed by atoms with E-state index in [0.29, 0.717) is 0 Å². The second kappa shape index (κ2) is 4.76.